The molecular formula is C21H21BrN2S. The van der Waals surface area contributed by atoms with E-state index in [-0.39, 0.29) is 17.0 Å². The number of thiazole rings is 1. The highest BCUT2D eigenvalue weighted by Gasteiger charge is 2.21. The first-order valence-corrected chi connectivity index (χ1v) is 9.11. The summed E-state index contributed by atoms with van der Waals surface area (Å²) in [4.78, 5) is 7.40. The predicted molar refractivity (Wildman–Crippen MR) is 112 cm³/mol. The average molecular weight is 413 g/mol. The summed E-state index contributed by atoms with van der Waals surface area (Å²) in [7, 11) is 0. The van der Waals surface area contributed by atoms with Gasteiger partial charge in [-0.25, -0.2) is 4.99 Å². The van der Waals surface area contributed by atoms with Crippen LogP contribution in [0.25, 0.3) is 11.3 Å². The minimum absolute atomic E-state index is 0. The Morgan fingerprint density at radius 2 is 1.88 bits per heavy atom. The molecule has 1 heterocycles. The molecule has 1 aromatic heterocycles. The number of allylic oxidation sites excluding steroid dienone is 1. The third-order valence-electron chi connectivity index (χ3n) is 4.44. The van der Waals surface area contributed by atoms with Crippen molar-refractivity contribution in [3.8, 4) is 11.3 Å². The molecule has 4 rings (SSSR count). The quantitative estimate of drug-likeness (QED) is 0.496. The number of aromatic nitrogens is 1. The van der Waals surface area contributed by atoms with Crippen molar-refractivity contribution in [2.24, 2.45) is 4.99 Å². The molecule has 128 valence electrons. The molecule has 0 fully saturated rings. The number of halogens is 1. The van der Waals surface area contributed by atoms with Gasteiger partial charge >= 0.3 is 0 Å². The molecule has 25 heavy (non-hydrogen) atoms. The van der Waals surface area contributed by atoms with Crippen LogP contribution in [0.2, 0.25) is 0 Å². The molecule has 3 aromatic rings. The largest absolute Gasteiger partial charge is 0.312 e. The fourth-order valence-corrected chi connectivity index (χ4v) is 4.42. The summed E-state index contributed by atoms with van der Waals surface area (Å²) < 4.78 is 2.31. The molecule has 1 aliphatic rings. The normalized spacial score (nSPS) is 12.9. The lowest BCUT2D eigenvalue weighted by molar-refractivity contribution is 0.785. The van der Waals surface area contributed by atoms with E-state index >= 15 is 0 Å². The Balaban J connectivity index is 0.00000182. The third-order valence-corrected chi connectivity index (χ3v) is 5.58. The van der Waals surface area contributed by atoms with Crippen molar-refractivity contribution in [2.45, 2.75) is 26.3 Å². The van der Waals surface area contributed by atoms with Gasteiger partial charge in [0.05, 0.1) is 11.4 Å². The van der Waals surface area contributed by atoms with Crippen molar-refractivity contribution in [3.05, 3.63) is 82.0 Å². The summed E-state index contributed by atoms with van der Waals surface area (Å²) in [5.41, 5.74) is 6.37. The van der Waals surface area contributed by atoms with E-state index in [4.69, 9.17) is 4.99 Å². The maximum Gasteiger partial charge on any atom is 0.190 e. The van der Waals surface area contributed by atoms with Gasteiger partial charge in [0.2, 0.25) is 0 Å². The molecule has 0 saturated carbocycles. The van der Waals surface area contributed by atoms with Crippen LogP contribution in [0.4, 0.5) is 5.69 Å². The molecule has 0 aliphatic heterocycles. The topological polar surface area (TPSA) is 17.3 Å². The number of nitrogens with zero attached hydrogens (tertiary/aromatic N) is 2. The zero-order valence-electron chi connectivity index (χ0n) is 14.2. The van der Waals surface area contributed by atoms with Gasteiger partial charge < -0.3 is 4.57 Å². The first kappa shape index (κ1) is 17.9. The molecule has 4 heteroatoms. The lowest BCUT2D eigenvalue weighted by atomic mass is 9.93. The summed E-state index contributed by atoms with van der Waals surface area (Å²) in [6.45, 7) is 6.82. The first-order valence-electron chi connectivity index (χ1n) is 8.29. The van der Waals surface area contributed by atoms with Crippen molar-refractivity contribution in [3.63, 3.8) is 0 Å². The second-order valence-electron chi connectivity index (χ2n) is 6.16. The molecule has 0 atom stereocenters. The first-order chi connectivity index (χ1) is 11.8. The van der Waals surface area contributed by atoms with Gasteiger partial charge in [-0.2, -0.15) is 0 Å². The van der Waals surface area contributed by atoms with Crippen LogP contribution in [-0.4, -0.2) is 4.57 Å². The molecule has 0 amide bonds. The number of rotatable bonds is 3. The van der Waals surface area contributed by atoms with Crippen molar-refractivity contribution >= 4 is 34.0 Å². The van der Waals surface area contributed by atoms with Gasteiger partial charge in [0.25, 0.3) is 0 Å². The van der Waals surface area contributed by atoms with Crippen LogP contribution >= 0.6 is 28.3 Å². The van der Waals surface area contributed by atoms with Crippen LogP contribution in [0.3, 0.4) is 0 Å². The fraction of sp³-hybridized carbons (Fsp3) is 0.190. The molecule has 0 bridgehead atoms. The fourth-order valence-electron chi connectivity index (χ4n) is 3.25. The van der Waals surface area contributed by atoms with Gasteiger partial charge in [-0.05, 0) is 37.5 Å². The van der Waals surface area contributed by atoms with Crippen molar-refractivity contribution in [2.75, 3.05) is 0 Å². The minimum atomic E-state index is 0. The van der Waals surface area contributed by atoms with Crippen molar-refractivity contribution < 1.29 is 0 Å². The summed E-state index contributed by atoms with van der Waals surface area (Å²) in [6, 6.07) is 17.1. The smallest absolute Gasteiger partial charge is 0.190 e. The van der Waals surface area contributed by atoms with Gasteiger partial charge in [-0.3, -0.25) is 0 Å². The molecule has 2 aromatic carbocycles. The Hall–Kier alpha value is -1.91. The highest BCUT2D eigenvalue weighted by Crippen LogP contribution is 2.35. The molecule has 0 unspecified atom stereocenters. The maximum atomic E-state index is 4.91. The van der Waals surface area contributed by atoms with Crippen LogP contribution in [0.1, 0.15) is 16.0 Å². The van der Waals surface area contributed by atoms with Gasteiger partial charge in [0, 0.05) is 17.0 Å². The zero-order valence-corrected chi connectivity index (χ0v) is 16.8. The van der Waals surface area contributed by atoms with E-state index in [0.717, 1.165) is 29.9 Å². The highest BCUT2D eigenvalue weighted by molar-refractivity contribution is 8.93. The molecule has 2 nitrogen and oxygen atoms in total. The zero-order chi connectivity index (χ0) is 16.5. The van der Waals surface area contributed by atoms with Crippen LogP contribution in [0, 0.1) is 6.92 Å². The standard InChI is InChI=1S/C21H20N2S.BrH/c1-3-14-23-20-18-7-5-4-6-16(18)10-13-19(20)24-21(23)22-17-11-8-15(2)9-12-17;/h3-9,11-12H,1,10,13-14H2,2H3;1H. The van der Waals surface area contributed by atoms with Crippen LogP contribution < -0.4 is 4.80 Å². The van der Waals surface area contributed by atoms with Gasteiger partial charge in [0.1, 0.15) is 0 Å². The van der Waals surface area contributed by atoms with Crippen LogP contribution in [0.15, 0.2) is 66.2 Å². The Morgan fingerprint density at radius 1 is 1.12 bits per heavy atom. The summed E-state index contributed by atoms with van der Waals surface area (Å²) in [5, 5.41) is 0. The number of hydrogen-bond acceptors (Lipinski definition) is 2. The van der Waals surface area contributed by atoms with Crippen LogP contribution in [0.5, 0.6) is 0 Å². The number of hydrogen-bond donors (Lipinski definition) is 0. The molecule has 0 saturated heterocycles. The Labute approximate surface area is 163 Å². The minimum Gasteiger partial charge on any atom is -0.312 e. The molecule has 0 radical (unpaired) electrons. The number of aryl methyl sites for hydroxylation is 3. The summed E-state index contributed by atoms with van der Waals surface area (Å²) >= 11 is 1.81. The Bertz CT molecular complexity index is 964. The number of fused-ring (bicyclic) bond motifs is 3. The number of benzene rings is 2. The van der Waals surface area contributed by atoms with Gasteiger partial charge in [-0.15, -0.1) is 34.9 Å². The van der Waals surface area contributed by atoms with E-state index in [2.05, 4.69) is 66.6 Å². The predicted octanol–water partition coefficient (Wildman–Crippen LogP) is 5.62. The van der Waals surface area contributed by atoms with E-state index in [1.165, 1.54) is 27.3 Å². The third kappa shape index (κ3) is 3.42. The summed E-state index contributed by atoms with van der Waals surface area (Å²) in [6.07, 6.45) is 4.16. The summed E-state index contributed by atoms with van der Waals surface area (Å²) in [5.74, 6) is 0. The Kier molecular flexibility index (Phi) is 5.40. The van der Waals surface area contributed by atoms with E-state index < -0.39 is 0 Å². The second-order valence-corrected chi connectivity index (χ2v) is 7.22. The average Bonchev–Trinajstić information content (AvgIpc) is 2.95. The van der Waals surface area contributed by atoms with E-state index in [0.29, 0.717) is 0 Å². The molecular weight excluding hydrogens is 392 g/mol. The van der Waals surface area contributed by atoms with E-state index in [1.807, 2.05) is 17.4 Å². The maximum absolute atomic E-state index is 4.91. The lowest BCUT2D eigenvalue weighted by Gasteiger charge is -2.18. The van der Waals surface area contributed by atoms with E-state index in [1.54, 1.807) is 0 Å². The molecule has 0 spiro atoms. The van der Waals surface area contributed by atoms with Gasteiger partial charge in [0.15, 0.2) is 4.80 Å². The van der Waals surface area contributed by atoms with Crippen molar-refractivity contribution in [1.82, 2.24) is 4.57 Å². The Morgan fingerprint density at radius 3 is 2.64 bits per heavy atom. The van der Waals surface area contributed by atoms with Gasteiger partial charge in [-0.1, -0.05) is 48.0 Å². The SMILES string of the molecule is Br.C=CCn1c2c(sc1=Nc1ccc(C)cc1)CCc1ccccc1-2. The van der Waals surface area contributed by atoms with Crippen molar-refractivity contribution in [1.29, 1.82) is 0 Å². The van der Waals surface area contributed by atoms with Crippen LogP contribution in [-0.2, 0) is 19.4 Å². The molecule has 0 N–H and O–H groups in total. The second kappa shape index (κ2) is 7.54. The lowest BCUT2D eigenvalue weighted by Crippen LogP contribution is -2.16. The monoisotopic (exact) mass is 412 g/mol. The highest BCUT2D eigenvalue weighted by atomic mass is 79.9. The molecule has 1 aliphatic carbocycles. The van der Waals surface area contributed by atoms with E-state index in [9.17, 15) is 0 Å².